The van der Waals surface area contributed by atoms with E-state index < -0.39 is 0 Å². The summed E-state index contributed by atoms with van der Waals surface area (Å²) in [5, 5.41) is 6.89. The van der Waals surface area contributed by atoms with E-state index in [2.05, 4.69) is 64.1 Å². The molecule has 0 amide bonds. The van der Waals surface area contributed by atoms with E-state index in [1.807, 2.05) is 0 Å². The fraction of sp³-hybridized carbons (Fsp3) is 0.536. The third kappa shape index (κ3) is 8.75. The smallest absolute Gasteiger partial charge is 0.290 e. The summed E-state index contributed by atoms with van der Waals surface area (Å²) >= 11 is 0. The number of hydrogen-bond donors (Lipinski definition) is 1. The molecule has 35 heavy (non-hydrogen) atoms. The summed E-state index contributed by atoms with van der Waals surface area (Å²) in [6.07, 6.45) is 5.22. The maximum atomic E-state index is 8.36. The highest BCUT2D eigenvalue weighted by atomic mass is 16.5. The second kappa shape index (κ2) is 14.6. The van der Waals surface area contributed by atoms with Gasteiger partial charge in [-0.15, -0.1) is 0 Å². The number of hydrogen-bond acceptors (Lipinski definition) is 6. The molecule has 7 heteroatoms. The zero-order valence-electron chi connectivity index (χ0n) is 21.3. The SMILES string of the molecule is COc1ccc(C)cc1CN1CCN(c2ccc(OCCCN3CCCCC3)cc2)CC1.O=CO. The number of rotatable bonds is 9. The topological polar surface area (TPSA) is 65.5 Å². The summed E-state index contributed by atoms with van der Waals surface area (Å²) in [4.78, 5) is 15.9. The molecular weight excluding hydrogens is 442 g/mol. The van der Waals surface area contributed by atoms with Gasteiger partial charge in [0.2, 0.25) is 0 Å². The fourth-order valence-electron chi connectivity index (χ4n) is 4.85. The van der Waals surface area contributed by atoms with E-state index in [0.29, 0.717) is 0 Å². The number of piperidine rings is 1. The van der Waals surface area contributed by atoms with Gasteiger partial charge >= 0.3 is 0 Å². The molecule has 2 fully saturated rings. The van der Waals surface area contributed by atoms with Crippen molar-refractivity contribution in [2.24, 2.45) is 0 Å². The first-order valence-corrected chi connectivity index (χ1v) is 12.8. The van der Waals surface area contributed by atoms with Crippen molar-refractivity contribution in [1.29, 1.82) is 0 Å². The quantitative estimate of drug-likeness (QED) is 0.422. The zero-order valence-corrected chi connectivity index (χ0v) is 21.3. The van der Waals surface area contributed by atoms with Gasteiger partial charge < -0.3 is 24.4 Å². The number of nitrogens with zero attached hydrogens (tertiary/aromatic N) is 3. The predicted octanol–water partition coefficient (Wildman–Crippen LogP) is 4.28. The van der Waals surface area contributed by atoms with Gasteiger partial charge in [-0.2, -0.15) is 0 Å². The lowest BCUT2D eigenvalue weighted by Crippen LogP contribution is -2.46. The van der Waals surface area contributed by atoms with Gasteiger partial charge in [0.25, 0.3) is 6.47 Å². The van der Waals surface area contributed by atoms with Crippen molar-refractivity contribution >= 4 is 12.2 Å². The van der Waals surface area contributed by atoms with Crippen molar-refractivity contribution in [3.8, 4) is 11.5 Å². The summed E-state index contributed by atoms with van der Waals surface area (Å²) in [6.45, 7) is 11.5. The van der Waals surface area contributed by atoms with Crippen LogP contribution in [0.3, 0.4) is 0 Å². The van der Waals surface area contributed by atoms with E-state index in [0.717, 1.165) is 63.8 Å². The summed E-state index contributed by atoms with van der Waals surface area (Å²) < 4.78 is 11.5. The van der Waals surface area contributed by atoms with E-state index in [-0.39, 0.29) is 6.47 Å². The molecule has 0 radical (unpaired) electrons. The molecule has 0 spiro atoms. The van der Waals surface area contributed by atoms with Gasteiger partial charge in [0.05, 0.1) is 13.7 Å². The van der Waals surface area contributed by atoms with E-state index >= 15 is 0 Å². The standard InChI is InChI=1S/C27H39N3O2.CH2O2/c1-23-7-12-27(31-2)24(21-23)22-29-16-18-30(19-17-29)25-8-10-26(11-9-25)32-20-6-15-28-13-4-3-5-14-28;2-1-3/h7-12,21H,3-6,13-20,22H2,1-2H3;1H,(H,2,3). The third-order valence-electron chi connectivity index (χ3n) is 6.74. The second-order valence-corrected chi connectivity index (χ2v) is 9.28. The van der Waals surface area contributed by atoms with Crippen LogP contribution in [0.2, 0.25) is 0 Å². The van der Waals surface area contributed by atoms with Gasteiger partial charge in [-0.1, -0.05) is 24.1 Å². The Bertz CT molecular complexity index is 876. The lowest BCUT2D eigenvalue weighted by atomic mass is 10.1. The third-order valence-corrected chi connectivity index (χ3v) is 6.74. The van der Waals surface area contributed by atoms with Gasteiger partial charge in [-0.25, -0.2) is 0 Å². The van der Waals surface area contributed by atoms with Crippen LogP contribution in [0.5, 0.6) is 11.5 Å². The average Bonchev–Trinajstić information content (AvgIpc) is 2.89. The Labute approximate surface area is 210 Å². The van der Waals surface area contributed by atoms with Crippen molar-refractivity contribution in [1.82, 2.24) is 9.80 Å². The highest BCUT2D eigenvalue weighted by Crippen LogP contribution is 2.24. The Hall–Kier alpha value is -2.77. The Morgan fingerprint density at radius 3 is 2.26 bits per heavy atom. The average molecular weight is 484 g/mol. The minimum absolute atomic E-state index is 0.250. The highest BCUT2D eigenvalue weighted by molar-refractivity contribution is 5.49. The number of ether oxygens (including phenoxy) is 2. The maximum absolute atomic E-state index is 8.36. The van der Waals surface area contributed by atoms with Crippen LogP contribution in [0.4, 0.5) is 5.69 Å². The molecule has 2 aliphatic rings. The Balaban J connectivity index is 0.00000108. The first kappa shape index (κ1) is 26.8. The monoisotopic (exact) mass is 483 g/mol. The molecule has 0 bridgehead atoms. The van der Waals surface area contributed by atoms with Crippen LogP contribution in [0, 0.1) is 6.92 Å². The Morgan fingerprint density at radius 1 is 0.914 bits per heavy atom. The molecule has 4 rings (SSSR count). The first-order chi connectivity index (χ1) is 17.1. The molecule has 7 nitrogen and oxygen atoms in total. The number of likely N-dealkylation sites (tertiary alicyclic amines) is 1. The van der Waals surface area contributed by atoms with Gasteiger partial charge in [0.15, 0.2) is 0 Å². The number of anilines is 1. The molecule has 2 saturated heterocycles. The predicted molar refractivity (Wildman–Crippen MR) is 141 cm³/mol. The van der Waals surface area contributed by atoms with E-state index in [1.54, 1.807) is 7.11 Å². The molecule has 2 aromatic rings. The number of carbonyl (C=O) groups is 1. The summed E-state index contributed by atoms with van der Waals surface area (Å²) in [5.74, 6) is 1.97. The van der Waals surface area contributed by atoms with Crippen molar-refractivity contribution in [3.05, 3.63) is 53.6 Å². The molecule has 0 atom stereocenters. The van der Waals surface area contributed by atoms with E-state index in [1.165, 1.54) is 49.2 Å². The van der Waals surface area contributed by atoms with E-state index in [9.17, 15) is 0 Å². The van der Waals surface area contributed by atoms with Crippen LogP contribution in [0.15, 0.2) is 42.5 Å². The number of methoxy groups -OCH3 is 1. The number of piperazine rings is 1. The largest absolute Gasteiger partial charge is 0.496 e. The molecule has 1 N–H and O–H groups in total. The molecule has 0 saturated carbocycles. The van der Waals surface area contributed by atoms with Gasteiger partial charge in [-0.3, -0.25) is 9.69 Å². The fourth-order valence-corrected chi connectivity index (χ4v) is 4.85. The van der Waals surface area contributed by atoms with Crippen LogP contribution < -0.4 is 14.4 Å². The lowest BCUT2D eigenvalue weighted by molar-refractivity contribution is -0.122. The highest BCUT2D eigenvalue weighted by Gasteiger charge is 2.19. The normalized spacial score (nSPS) is 16.8. The van der Waals surface area contributed by atoms with Crippen LogP contribution in [-0.2, 0) is 11.3 Å². The molecule has 0 aliphatic carbocycles. The molecule has 0 unspecified atom stereocenters. The van der Waals surface area contributed by atoms with Crippen molar-refractivity contribution in [2.75, 3.05) is 64.4 Å². The van der Waals surface area contributed by atoms with Gasteiger partial charge in [-0.05, 0) is 69.6 Å². The van der Waals surface area contributed by atoms with Crippen LogP contribution in [-0.4, -0.2) is 80.9 Å². The molecule has 192 valence electrons. The molecule has 2 heterocycles. The summed E-state index contributed by atoms with van der Waals surface area (Å²) in [7, 11) is 1.76. The lowest BCUT2D eigenvalue weighted by Gasteiger charge is -2.36. The summed E-state index contributed by atoms with van der Waals surface area (Å²) in [5.41, 5.74) is 3.86. The number of carboxylic acid groups (broad SMARTS) is 1. The second-order valence-electron chi connectivity index (χ2n) is 9.28. The number of benzene rings is 2. The Morgan fingerprint density at radius 2 is 1.60 bits per heavy atom. The van der Waals surface area contributed by atoms with Crippen LogP contribution >= 0.6 is 0 Å². The van der Waals surface area contributed by atoms with Crippen molar-refractivity contribution < 1.29 is 19.4 Å². The zero-order chi connectivity index (χ0) is 24.9. The Kier molecular flexibility index (Phi) is 11.2. The molecule has 2 aromatic carbocycles. The summed E-state index contributed by atoms with van der Waals surface area (Å²) in [6, 6.07) is 15.1. The van der Waals surface area contributed by atoms with E-state index in [4.69, 9.17) is 19.4 Å². The van der Waals surface area contributed by atoms with Crippen molar-refractivity contribution in [2.45, 2.75) is 39.2 Å². The number of aryl methyl sites for hydroxylation is 1. The molecule has 2 aliphatic heterocycles. The van der Waals surface area contributed by atoms with Crippen molar-refractivity contribution in [3.63, 3.8) is 0 Å². The van der Waals surface area contributed by atoms with Crippen LogP contribution in [0.1, 0.15) is 36.8 Å². The van der Waals surface area contributed by atoms with Gasteiger partial charge in [0, 0.05) is 50.5 Å². The van der Waals surface area contributed by atoms with Gasteiger partial charge in [0.1, 0.15) is 11.5 Å². The minimum atomic E-state index is -0.250. The minimum Gasteiger partial charge on any atom is -0.496 e. The first-order valence-electron chi connectivity index (χ1n) is 12.8. The molecule has 0 aromatic heterocycles. The molecular formula is C28H41N3O4. The maximum Gasteiger partial charge on any atom is 0.290 e. The van der Waals surface area contributed by atoms with Crippen LogP contribution in [0.25, 0.3) is 0 Å².